The normalized spacial score (nSPS) is 20.0. The Kier molecular flexibility index (Phi) is 5.60. The number of anilines is 1. The van der Waals surface area contributed by atoms with Gasteiger partial charge in [-0.3, -0.25) is 0 Å². The molecule has 0 radical (unpaired) electrons. The summed E-state index contributed by atoms with van der Waals surface area (Å²) in [4.78, 5) is 9.55. The molecule has 144 valence electrons. The lowest BCUT2D eigenvalue weighted by molar-refractivity contribution is 0.409. The molecule has 1 heterocycles. The van der Waals surface area contributed by atoms with Crippen LogP contribution in [-0.4, -0.2) is 22.1 Å². The molecule has 5 heteroatoms. The number of nitrogens with two attached hydrogens (primary N) is 1. The van der Waals surface area contributed by atoms with Crippen molar-refractivity contribution >= 4 is 40.5 Å². The third kappa shape index (κ3) is 4.51. The number of hydrogen-bond acceptors (Lipinski definition) is 4. The van der Waals surface area contributed by atoms with E-state index >= 15 is 0 Å². The third-order valence-corrected chi connectivity index (χ3v) is 5.47. The molecule has 0 amide bonds. The fraction of sp³-hybridized carbons (Fsp3) is 0.304. The van der Waals surface area contributed by atoms with Gasteiger partial charge in [-0.05, 0) is 68.5 Å². The number of nitrogens with zero attached hydrogens (tertiary/aromatic N) is 2. The Morgan fingerprint density at radius 2 is 1.89 bits per heavy atom. The molecular weight excluding hydrogens is 368 g/mol. The lowest BCUT2D eigenvalue weighted by atomic mass is 9.91. The van der Waals surface area contributed by atoms with Crippen molar-refractivity contribution in [2.24, 2.45) is 5.73 Å². The molecule has 1 saturated carbocycles. The minimum atomic E-state index is 0.269. The van der Waals surface area contributed by atoms with Crippen LogP contribution in [0, 0.1) is 6.92 Å². The van der Waals surface area contributed by atoms with Gasteiger partial charge in [-0.15, -0.1) is 0 Å². The molecule has 1 aromatic heterocycles. The Hall–Kier alpha value is -2.43. The molecule has 2 aromatic carbocycles. The highest BCUT2D eigenvalue weighted by Crippen LogP contribution is 2.26. The van der Waals surface area contributed by atoms with Crippen molar-refractivity contribution < 1.29 is 0 Å². The molecule has 1 fully saturated rings. The molecule has 0 bridgehead atoms. The summed E-state index contributed by atoms with van der Waals surface area (Å²) >= 11 is 5.96. The topological polar surface area (TPSA) is 63.8 Å². The quantitative estimate of drug-likeness (QED) is 0.620. The highest BCUT2D eigenvalue weighted by Gasteiger charge is 2.20. The van der Waals surface area contributed by atoms with Crippen LogP contribution in [0.2, 0.25) is 5.02 Å². The molecule has 4 rings (SSSR count). The molecule has 3 aromatic rings. The molecule has 0 aliphatic heterocycles. The van der Waals surface area contributed by atoms with Crippen LogP contribution in [0.25, 0.3) is 23.1 Å². The zero-order valence-corrected chi connectivity index (χ0v) is 16.8. The second-order valence-electron chi connectivity index (χ2n) is 7.60. The van der Waals surface area contributed by atoms with E-state index in [1.165, 1.54) is 5.56 Å². The number of nitrogens with one attached hydrogen (secondary N) is 1. The van der Waals surface area contributed by atoms with Crippen molar-refractivity contribution in [1.29, 1.82) is 0 Å². The molecule has 0 saturated heterocycles. The Morgan fingerprint density at radius 1 is 1.07 bits per heavy atom. The Labute approximate surface area is 170 Å². The Balaban J connectivity index is 1.67. The predicted octanol–water partition coefficient (Wildman–Crippen LogP) is 5.44. The Bertz CT molecular complexity index is 997. The van der Waals surface area contributed by atoms with E-state index < -0.39 is 0 Å². The summed E-state index contributed by atoms with van der Waals surface area (Å²) in [5.41, 5.74) is 9.38. The number of hydrogen-bond donors (Lipinski definition) is 2. The van der Waals surface area contributed by atoms with Crippen LogP contribution in [0.4, 0.5) is 5.82 Å². The van der Waals surface area contributed by atoms with Gasteiger partial charge in [-0.2, -0.15) is 0 Å². The van der Waals surface area contributed by atoms with Crippen molar-refractivity contribution in [3.05, 3.63) is 64.4 Å². The third-order valence-electron chi connectivity index (χ3n) is 5.22. The van der Waals surface area contributed by atoms with Crippen molar-refractivity contribution in [2.75, 3.05) is 5.32 Å². The first-order valence-corrected chi connectivity index (χ1v) is 10.2. The van der Waals surface area contributed by atoms with Crippen molar-refractivity contribution in [2.45, 2.75) is 44.7 Å². The maximum absolute atomic E-state index is 6.17. The largest absolute Gasteiger partial charge is 0.367 e. The number of fused-ring (bicyclic) bond motifs is 1. The summed E-state index contributed by atoms with van der Waals surface area (Å²) in [5, 5.41) is 5.43. The minimum Gasteiger partial charge on any atom is -0.367 e. The minimum absolute atomic E-state index is 0.269. The van der Waals surface area contributed by atoms with E-state index in [0.717, 1.165) is 53.0 Å². The molecule has 0 spiro atoms. The lowest BCUT2D eigenvalue weighted by Gasteiger charge is -2.28. The van der Waals surface area contributed by atoms with E-state index in [9.17, 15) is 0 Å². The maximum atomic E-state index is 6.17. The standard InChI is InChI=1S/C23H25ClN4/c1-15-5-11-21-20(13-15)23(26-19-4-2-3-18(25)14-19)28-22(27-21)12-8-16-6-9-17(24)10-7-16/h5-13,18-19H,2-4,14,25H2,1H3,(H,26,27,28)/t18-,19-/m1/s1. The number of aromatic nitrogens is 2. The van der Waals surface area contributed by atoms with Crippen LogP contribution in [0.3, 0.4) is 0 Å². The maximum Gasteiger partial charge on any atom is 0.154 e. The highest BCUT2D eigenvalue weighted by molar-refractivity contribution is 6.30. The lowest BCUT2D eigenvalue weighted by Crippen LogP contribution is -2.35. The molecule has 4 nitrogen and oxygen atoms in total. The van der Waals surface area contributed by atoms with E-state index in [-0.39, 0.29) is 6.04 Å². The van der Waals surface area contributed by atoms with E-state index in [0.29, 0.717) is 11.9 Å². The van der Waals surface area contributed by atoms with Crippen molar-refractivity contribution in [1.82, 2.24) is 9.97 Å². The summed E-state index contributed by atoms with van der Waals surface area (Å²) < 4.78 is 0. The van der Waals surface area contributed by atoms with Crippen LogP contribution >= 0.6 is 11.6 Å². The van der Waals surface area contributed by atoms with Gasteiger partial charge in [-0.1, -0.05) is 41.4 Å². The molecule has 1 aliphatic carbocycles. The van der Waals surface area contributed by atoms with E-state index in [1.54, 1.807) is 0 Å². The monoisotopic (exact) mass is 392 g/mol. The van der Waals surface area contributed by atoms with Gasteiger partial charge in [0.1, 0.15) is 5.82 Å². The number of benzene rings is 2. The van der Waals surface area contributed by atoms with E-state index in [2.05, 4.69) is 30.4 Å². The summed E-state index contributed by atoms with van der Waals surface area (Å²) in [5.74, 6) is 1.58. The molecule has 1 aliphatic rings. The summed E-state index contributed by atoms with van der Waals surface area (Å²) in [6.45, 7) is 2.09. The molecule has 0 unspecified atom stereocenters. The van der Waals surface area contributed by atoms with Crippen molar-refractivity contribution in [3.8, 4) is 0 Å². The predicted molar refractivity (Wildman–Crippen MR) is 119 cm³/mol. The van der Waals surface area contributed by atoms with Gasteiger partial charge in [-0.25, -0.2) is 9.97 Å². The van der Waals surface area contributed by atoms with Gasteiger partial charge in [0.15, 0.2) is 5.82 Å². The summed E-state index contributed by atoms with van der Waals surface area (Å²) in [6.07, 6.45) is 8.32. The van der Waals surface area contributed by atoms with Crippen LogP contribution < -0.4 is 11.1 Å². The van der Waals surface area contributed by atoms with Gasteiger partial charge < -0.3 is 11.1 Å². The zero-order chi connectivity index (χ0) is 19.5. The summed E-state index contributed by atoms with van der Waals surface area (Å²) in [6, 6.07) is 14.6. The van der Waals surface area contributed by atoms with Gasteiger partial charge >= 0.3 is 0 Å². The average molecular weight is 393 g/mol. The Morgan fingerprint density at radius 3 is 2.68 bits per heavy atom. The van der Waals surface area contributed by atoms with Crippen LogP contribution in [0.5, 0.6) is 0 Å². The van der Waals surface area contributed by atoms with Crippen LogP contribution in [-0.2, 0) is 0 Å². The molecular formula is C23H25ClN4. The number of aryl methyl sites for hydroxylation is 1. The summed E-state index contributed by atoms with van der Waals surface area (Å²) in [7, 11) is 0. The first-order valence-electron chi connectivity index (χ1n) is 9.81. The molecule has 2 atom stereocenters. The van der Waals surface area contributed by atoms with Crippen LogP contribution in [0.1, 0.15) is 42.6 Å². The SMILES string of the molecule is Cc1ccc2nc(C=Cc3ccc(Cl)cc3)nc(N[C@@H]3CCC[C@@H](N)C3)c2c1. The fourth-order valence-electron chi connectivity index (χ4n) is 3.74. The van der Waals surface area contributed by atoms with Gasteiger partial charge in [0.05, 0.1) is 5.52 Å². The zero-order valence-electron chi connectivity index (χ0n) is 16.0. The van der Waals surface area contributed by atoms with Crippen molar-refractivity contribution in [3.63, 3.8) is 0 Å². The fourth-order valence-corrected chi connectivity index (χ4v) is 3.87. The number of halogens is 1. The first-order chi connectivity index (χ1) is 13.6. The number of rotatable bonds is 4. The first kappa shape index (κ1) is 18.9. The average Bonchev–Trinajstić information content (AvgIpc) is 2.68. The molecule has 28 heavy (non-hydrogen) atoms. The van der Waals surface area contributed by atoms with Gasteiger partial charge in [0.2, 0.25) is 0 Å². The highest BCUT2D eigenvalue weighted by atomic mass is 35.5. The molecule has 3 N–H and O–H groups in total. The van der Waals surface area contributed by atoms with Gasteiger partial charge in [0.25, 0.3) is 0 Å². The smallest absolute Gasteiger partial charge is 0.154 e. The van der Waals surface area contributed by atoms with E-state index in [1.807, 2.05) is 36.4 Å². The van der Waals surface area contributed by atoms with Gasteiger partial charge in [0, 0.05) is 22.5 Å². The van der Waals surface area contributed by atoms with Crippen LogP contribution in [0.15, 0.2) is 42.5 Å². The van der Waals surface area contributed by atoms with E-state index in [4.69, 9.17) is 27.3 Å². The second kappa shape index (κ2) is 8.29. The second-order valence-corrected chi connectivity index (χ2v) is 8.04.